The third kappa shape index (κ3) is 4.50. The highest BCUT2D eigenvalue weighted by atomic mass is 35.5. The summed E-state index contributed by atoms with van der Waals surface area (Å²) in [5.74, 6) is -0.261. The van der Waals surface area contributed by atoms with Crippen LogP contribution in [0.5, 0.6) is 0 Å². The SMILES string of the molecule is O=C(NC(=S)Nc1cccc(Cl)c1N1CCOCC1)c1ccc2ccccc2c1. The first-order valence-electron chi connectivity index (χ1n) is 9.34. The molecule has 0 aromatic heterocycles. The van der Waals surface area contributed by atoms with Crippen LogP contribution in [0.2, 0.25) is 5.02 Å². The van der Waals surface area contributed by atoms with Gasteiger partial charge >= 0.3 is 0 Å². The van der Waals surface area contributed by atoms with Crippen LogP contribution in [0.1, 0.15) is 10.4 Å². The van der Waals surface area contributed by atoms with Crippen LogP contribution in [0.3, 0.4) is 0 Å². The van der Waals surface area contributed by atoms with Gasteiger partial charge in [-0.25, -0.2) is 0 Å². The summed E-state index contributed by atoms with van der Waals surface area (Å²) in [5.41, 5.74) is 2.16. The lowest BCUT2D eigenvalue weighted by atomic mass is 10.1. The van der Waals surface area contributed by atoms with Gasteiger partial charge in [-0.15, -0.1) is 0 Å². The summed E-state index contributed by atoms with van der Waals surface area (Å²) >= 11 is 11.8. The highest BCUT2D eigenvalue weighted by molar-refractivity contribution is 7.80. The predicted molar refractivity (Wildman–Crippen MR) is 122 cm³/mol. The van der Waals surface area contributed by atoms with Crippen LogP contribution < -0.4 is 15.5 Å². The van der Waals surface area contributed by atoms with Gasteiger partial charge < -0.3 is 15.0 Å². The zero-order valence-electron chi connectivity index (χ0n) is 15.7. The lowest BCUT2D eigenvalue weighted by molar-refractivity contribution is 0.0978. The number of hydrogen-bond acceptors (Lipinski definition) is 4. The summed E-state index contributed by atoms with van der Waals surface area (Å²) in [5, 5.41) is 8.81. The molecule has 0 atom stereocenters. The molecule has 29 heavy (non-hydrogen) atoms. The fraction of sp³-hybridized carbons (Fsp3) is 0.182. The minimum Gasteiger partial charge on any atom is -0.378 e. The number of thiocarbonyl (C=S) groups is 1. The van der Waals surface area contributed by atoms with Gasteiger partial charge in [-0.1, -0.05) is 48.0 Å². The Hall–Kier alpha value is -2.67. The normalized spacial score (nSPS) is 13.9. The maximum Gasteiger partial charge on any atom is 0.257 e. The molecule has 1 aliphatic heterocycles. The van der Waals surface area contributed by atoms with Gasteiger partial charge in [0.2, 0.25) is 0 Å². The molecule has 1 saturated heterocycles. The molecule has 4 rings (SSSR count). The molecular weight excluding hydrogens is 406 g/mol. The molecule has 0 aliphatic carbocycles. The number of fused-ring (bicyclic) bond motifs is 1. The number of nitrogens with zero attached hydrogens (tertiary/aromatic N) is 1. The van der Waals surface area contributed by atoms with Gasteiger partial charge in [0.15, 0.2) is 5.11 Å². The van der Waals surface area contributed by atoms with E-state index < -0.39 is 0 Å². The monoisotopic (exact) mass is 425 g/mol. The fourth-order valence-electron chi connectivity index (χ4n) is 3.38. The second-order valence-corrected chi connectivity index (χ2v) is 7.52. The molecule has 148 valence electrons. The fourth-order valence-corrected chi connectivity index (χ4v) is 3.88. The van der Waals surface area contributed by atoms with E-state index in [4.69, 9.17) is 28.6 Å². The average Bonchev–Trinajstić information content (AvgIpc) is 2.74. The van der Waals surface area contributed by atoms with E-state index in [-0.39, 0.29) is 11.0 Å². The molecule has 2 N–H and O–H groups in total. The smallest absolute Gasteiger partial charge is 0.257 e. The zero-order chi connectivity index (χ0) is 20.2. The average molecular weight is 426 g/mol. The summed E-state index contributed by atoms with van der Waals surface area (Å²) in [6.45, 7) is 2.78. The first-order chi connectivity index (χ1) is 14.1. The Morgan fingerprint density at radius 2 is 1.76 bits per heavy atom. The van der Waals surface area contributed by atoms with Gasteiger partial charge in [0.05, 0.1) is 29.6 Å². The third-order valence-electron chi connectivity index (χ3n) is 4.80. The number of ether oxygens (including phenoxy) is 1. The first-order valence-corrected chi connectivity index (χ1v) is 10.1. The second kappa shape index (κ2) is 8.78. The Labute approximate surface area is 179 Å². The molecule has 0 saturated carbocycles. The van der Waals surface area contributed by atoms with E-state index in [9.17, 15) is 4.79 Å². The molecule has 1 amide bonds. The number of anilines is 2. The Kier molecular flexibility index (Phi) is 5.94. The number of carbonyl (C=O) groups is 1. The van der Waals surface area contributed by atoms with E-state index in [1.165, 1.54) is 0 Å². The van der Waals surface area contributed by atoms with E-state index >= 15 is 0 Å². The first kappa shape index (κ1) is 19.6. The van der Waals surface area contributed by atoms with Gasteiger partial charge in [0.25, 0.3) is 5.91 Å². The van der Waals surface area contributed by atoms with Crippen molar-refractivity contribution < 1.29 is 9.53 Å². The number of carbonyl (C=O) groups excluding carboxylic acids is 1. The lowest BCUT2D eigenvalue weighted by Gasteiger charge is -2.31. The Bertz CT molecular complexity index is 1070. The molecule has 3 aromatic carbocycles. The quantitative estimate of drug-likeness (QED) is 0.607. The van der Waals surface area contributed by atoms with Crippen LogP contribution in [-0.4, -0.2) is 37.3 Å². The molecule has 0 bridgehead atoms. The van der Waals surface area contributed by atoms with E-state index in [0.717, 1.165) is 35.2 Å². The maximum atomic E-state index is 12.7. The van der Waals surface area contributed by atoms with E-state index in [0.29, 0.717) is 23.8 Å². The number of rotatable bonds is 3. The molecule has 5 nitrogen and oxygen atoms in total. The Balaban J connectivity index is 1.49. The van der Waals surface area contributed by atoms with Crippen molar-refractivity contribution in [1.82, 2.24) is 5.32 Å². The largest absolute Gasteiger partial charge is 0.378 e. The van der Waals surface area contributed by atoms with E-state index in [2.05, 4.69) is 15.5 Å². The van der Waals surface area contributed by atoms with Crippen molar-refractivity contribution in [2.45, 2.75) is 0 Å². The topological polar surface area (TPSA) is 53.6 Å². The van der Waals surface area contributed by atoms with Crippen molar-refractivity contribution in [1.29, 1.82) is 0 Å². The van der Waals surface area contributed by atoms with Gasteiger partial charge in [-0.3, -0.25) is 10.1 Å². The van der Waals surface area contributed by atoms with Crippen LogP contribution in [-0.2, 0) is 4.74 Å². The standard InChI is InChI=1S/C22H20ClN3O2S/c23-18-6-3-7-19(20(18)26-10-12-28-13-11-26)24-22(29)25-21(27)17-9-8-15-4-1-2-5-16(15)14-17/h1-9,14H,10-13H2,(H2,24,25,27,29). The Morgan fingerprint density at radius 1 is 1.00 bits per heavy atom. The number of amides is 1. The molecule has 0 radical (unpaired) electrons. The maximum absolute atomic E-state index is 12.7. The number of hydrogen-bond donors (Lipinski definition) is 2. The van der Waals surface area contributed by atoms with Gasteiger partial charge in [0.1, 0.15) is 0 Å². The minimum atomic E-state index is -0.261. The summed E-state index contributed by atoms with van der Waals surface area (Å²) < 4.78 is 5.43. The molecule has 3 aromatic rings. The van der Waals surface area contributed by atoms with Crippen molar-refractivity contribution in [3.63, 3.8) is 0 Å². The highest BCUT2D eigenvalue weighted by Crippen LogP contribution is 2.34. The lowest BCUT2D eigenvalue weighted by Crippen LogP contribution is -2.38. The van der Waals surface area contributed by atoms with E-state index in [1.807, 2.05) is 54.6 Å². The number of halogens is 1. The number of nitrogens with one attached hydrogen (secondary N) is 2. The van der Waals surface area contributed by atoms with Crippen LogP contribution in [0.25, 0.3) is 10.8 Å². The summed E-state index contributed by atoms with van der Waals surface area (Å²) in [4.78, 5) is 14.8. The second-order valence-electron chi connectivity index (χ2n) is 6.71. The van der Waals surface area contributed by atoms with Crippen LogP contribution in [0.15, 0.2) is 60.7 Å². The number of para-hydroxylation sites is 1. The van der Waals surface area contributed by atoms with Crippen molar-refractivity contribution in [3.8, 4) is 0 Å². The van der Waals surface area contributed by atoms with Crippen molar-refractivity contribution in [2.75, 3.05) is 36.5 Å². The molecular formula is C22H20ClN3O2S. The van der Waals surface area contributed by atoms with Crippen LogP contribution in [0.4, 0.5) is 11.4 Å². The van der Waals surface area contributed by atoms with Gasteiger partial charge in [0, 0.05) is 18.7 Å². The van der Waals surface area contributed by atoms with Crippen molar-refractivity contribution in [3.05, 3.63) is 71.2 Å². The zero-order valence-corrected chi connectivity index (χ0v) is 17.2. The molecule has 7 heteroatoms. The summed E-state index contributed by atoms with van der Waals surface area (Å²) in [6, 6.07) is 19.1. The molecule has 0 spiro atoms. The number of benzene rings is 3. The summed E-state index contributed by atoms with van der Waals surface area (Å²) in [6.07, 6.45) is 0. The number of morpholine rings is 1. The van der Waals surface area contributed by atoms with Crippen molar-refractivity contribution >= 4 is 57.0 Å². The van der Waals surface area contributed by atoms with E-state index in [1.54, 1.807) is 6.07 Å². The molecule has 1 fully saturated rings. The van der Waals surface area contributed by atoms with Crippen LogP contribution in [0, 0.1) is 0 Å². The summed E-state index contributed by atoms with van der Waals surface area (Å²) in [7, 11) is 0. The minimum absolute atomic E-state index is 0.222. The predicted octanol–water partition coefficient (Wildman–Crippen LogP) is 4.46. The van der Waals surface area contributed by atoms with Crippen LogP contribution >= 0.6 is 23.8 Å². The third-order valence-corrected chi connectivity index (χ3v) is 5.31. The molecule has 0 unspecified atom stereocenters. The van der Waals surface area contributed by atoms with Crippen molar-refractivity contribution in [2.24, 2.45) is 0 Å². The molecule has 1 heterocycles. The Morgan fingerprint density at radius 3 is 2.55 bits per heavy atom. The highest BCUT2D eigenvalue weighted by Gasteiger charge is 2.19. The van der Waals surface area contributed by atoms with Gasteiger partial charge in [-0.2, -0.15) is 0 Å². The van der Waals surface area contributed by atoms with Gasteiger partial charge in [-0.05, 0) is 47.3 Å². The molecule has 1 aliphatic rings.